The SMILES string of the molecule is CNc1ncccc1C(=O)Nc1c(Cl)cc(F)cc1Br. The van der Waals surface area contributed by atoms with E-state index in [9.17, 15) is 9.18 Å². The summed E-state index contributed by atoms with van der Waals surface area (Å²) in [5.74, 6) is -0.437. The third-order valence-electron chi connectivity index (χ3n) is 2.53. The van der Waals surface area contributed by atoms with E-state index in [2.05, 4.69) is 31.5 Å². The zero-order valence-electron chi connectivity index (χ0n) is 10.4. The third kappa shape index (κ3) is 3.08. The molecular weight excluding hydrogens is 349 g/mol. The van der Waals surface area contributed by atoms with Crippen molar-refractivity contribution >= 4 is 44.9 Å². The lowest BCUT2D eigenvalue weighted by molar-refractivity contribution is 0.102. The molecule has 2 aromatic rings. The summed E-state index contributed by atoms with van der Waals surface area (Å²) in [5, 5.41) is 5.57. The number of halogens is 3. The number of rotatable bonds is 3. The normalized spacial score (nSPS) is 10.2. The smallest absolute Gasteiger partial charge is 0.259 e. The lowest BCUT2D eigenvalue weighted by Gasteiger charge is -2.11. The van der Waals surface area contributed by atoms with Crippen molar-refractivity contribution in [1.82, 2.24) is 4.98 Å². The summed E-state index contributed by atoms with van der Waals surface area (Å²) in [7, 11) is 1.67. The van der Waals surface area contributed by atoms with Gasteiger partial charge in [0.25, 0.3) is 5.91 Å². The maximum Gasteiger partial charge on any atom is 0.259 e. The number of carbonyl (C=O) groups is 1. The van der Waals surface area contributed by atoms with Crippen LogP contribution in [0.3, 0.4) is 0 Å². The van der Waals surface area contributed by atoms with Gasteiger partial charge in [0, 0.05) is 17.7 Å². The van der Waals surface area contributed by atoms with Crippen LogP contribution >= 0.6 is 27.5 Å². The van der Waals surface area contributed by atoms with Crippen LogP contribution in [0.5, 0.6) is 0 Å². The standard InChI is InChI=1S/C13H10BrClFN3O/c1-17-12-8(3-2-4-18-12)13(20)19-11-9(14)5-7(16)6-10(11)15/h2-6H,1H3,(H,17,18)(H,19,20). The van der Waals surface area contributed by atoms with E-state index in [0.717, 1.165) is 6.07 Å². The van der Waals surface area contributed by atoms with Crippen molar-refractivity contribution in [1.29, 1.82) is 0 Å². The number of nitrogens with zero attached hydrogens (tertiary/aromatic N) is 1. The van der Waals surface area contributed by atoms with Crippen molar-refractivity contribution in [2.24, 2.45) is 0 Å². The monoisotopic (exact) mass is 357 g/mol. The predicted octanol–water partition coefficient (Wildman–Crippen LogP) is 3.93. The molecule has 1 heterocycles. The van der Waals surface area contributed by atoms with E-state index in [4.69, 9.17) is 11.6 Å². The van der Waals surface area contributed by atoms with Crippen LogP contribution in [0.25, 0.3) is 0 Å². The highest BCUT2D eigenvalue weighted by Gasteiger charge is 2.15. The van der Waals surface area contributed by atoms with E-state index in [-0.39, 0.29) is 5.02 Å². The highest BCUT2D eigenvalue weighted by Crippen LogP contribution is 2.32. The van der Waals surface area contributed by atoms with E-state index in [1.807, 2.05) is 0 Å². The van der Waals surface area contributed by atoms with Crippen molar-refractivity contribution in [3.63, 3.8) is 0 Å². The van der Waals surface area contributed by atoms with Gasteiger partial charge < -0.3 is 10.6 Å². The Morgan fingerprint density at radius 1 is 1.45 bits per heavy atom. The van der Waals surface area contributed by atoms with Crippen LogP contribution in [0.15, 0.2) is 34.9 Å². The molecule has 2 rings (SSSR count). The van der Waals surface area contributed by atoms with Gasteiger partial charge in [0.1, 0.15) is 11.6 Å². The topological polar surface area (TPSA) is 54.0 Å². The van der Waals surface area contributed by atoms with E-state index >= 15 is 0 Å². The Morgan fingerprint density at radius 2 is 2.20 bits per heavy atom. The van der Waals surface area contributed by atoms with Crippen LogP contribution in [-0.2, 0) is 0 Å². The van der Waals surface area contributed by atoms with Gasteiger partial charge in [-0.25, -0.2) is 9.37 Å². The average Bonchev–Trinajstić information content (AvgIpc) is 2.42. The summed E-state index contributed by atoms with van der Waals surface area (Å²) in [5.41, 5.74) is 0.672. The highest BCUT2D eigenvalue weighted by atomic mass is 79.9. The molecule has 0 aliphatic rings. The van der Waals surface area contributed by atoms with Crippen LogP contribution in [0, 0.1) is 5.82 Å². The van der Waals surface area contributed by atoms with Gasteiger partial charge in [0.05, 0.1) is 16.3 Å². The van der Waals surface area contributed by atoms with E-state index in [1.54, 1.807) is 25.4 Å². The van der Waals surface area contributed by atoms with E-state index in [1.165, 1.54) is 6.07 Å². The second-order valence-electron chi connectivity index (χ2n) is 3.85. The first kappa shape index (κ1) is 14.7. The summed E-state index contributed by atoms with van der Waals surface area (Å²) in [4.78, 5) is 16.3. The lowest BCUT2D eigenvalue weighted by Crippen LogP contribution is -2.15. The molecule has 0 saturated carbocycles. The molecule has 0 unspecified atom stereocenters. The molecule has 7 heteroatoms. The van der Waals surface area contributed by atoms with E-state index < -0.39 is 11.7 Å². The van der Waals surface area contributed by atoms with E-state index in [0.29, 0.717) is 21.5 Å². The Kier molecular flexibility index (Phi) is 4.57. The maximum absolute atomic E-state index is 13.1. The maximum atomic E-state index is 13.1. The van der Waals surface area contributed by atoms with Crippen LogP contribution in [0.2, 0.25) is 5.02 Å². The quantitative estimate of drug-likeness (QED) is 0.874. The van der Waals surface area contributed by atoms with Crippen LogP contribution < -0.4 is 10.6 Å². The second-order valence-corrected chi connectivity index (χ2v) is 5.11. The second kappa shape index (κ2) is 6.19. The summed E-state index contributed by atoms with van der Waals surface area (Å²) >= 11 is 9.09. The Morgan fingerprint density at radius 3 is 2.85 bits per heavy atom. The predicted molar refractivity (Wildman–Crippen MR) is 80.8 cm³/mol. The van der Waals surface area contributed by atoms with Crippen LogP contribution in [0.4, 0.5) is 15.9 Å². The molecule has 0 bridgehead atoms. The molecule has 0 atom stereocenters. The number of benzene rings is 1. The first-order chi connectivity index (χ1) is 9.52. The minimum atomic E-state index is -0.489. The number of amides is 1. The summed E-state index contributed by atoms with van der Waals surface area (Å²) in [6.45, 7) is 0. The number of pyridine rings is 1. The van der Waals surface area contributed by atoms with Crippen molar-refractivity contribution in [2.45, 2.75) is 0 Å². The van der Waals surface area contributed by atoms with Gasteiger partial charge in [0.15, 0.2) is 0 Å². The summed E-state index contributed by atoms with van der Waals surface area (Å²) in [6, 6.07) is 5.63. The zero-order valence-corrected chi connectivity index (χ0v) is 12.7. The average molecular weight is 359 g/mol. The molecule has 104 valence electrons. The van der Waals surface area contributed by atoms with Crippen molar-refractivity contribution in [2.75, 3.05) is 17.7 Å². The van der Waals surface area contributed by atoms with Crippen LogP contribution in [0.1, 0.15) is 10.4 Å². The number of nitrogens with one attached hydrogen (secondary N) is 2. The minimum Gasteiger partial charge on any atom is -0.372 e. The molecule has 1 aromatic heterocycles. The van der Waals surface area contributed by atoms with Crippen molar-refractivity contribution in [3.8, 4) is 0 Å². The Labute approximate surface area is 128 Å². The van der Waals surface area contributed by atoms with Crippen molar-refractivity contribution in [3.05, 3.63) is 51.3 Å². The number of carbonyl (C=O) groups excluding carboxylic acids is 1. The number of aromatic nitrogens is 1. The van der Waals surface area contributed by atoms with Gasteiger partial charge in [-0.2, -0.15) is 0 Å². The minimum absolute atomic E-state index is 0.111. The first-order valence-electron chi connectivity index (χ1n) is 5.61. The van der Waals surface area contributed by atoms with Crippen LogP contribution in [-0.4, -0.2) is 17.9 Å². The fraction of sp³-hybridized carbons (Fsp3) is 0.0769. The molecule has 4 nitrogen and oxygen atoms in total. The highest BCUT2D eigenvalue weighted by molar-refractivity contribution is 9.10. The zero-order chi connectivity index (χ0) is 14.7. The van der Waals surface area contributed by atoms with Gasteiger partial charge in [0.2, 0.25) is 0 Å². The largest absolute Gasteiger partial charge is 0.372 e. The summed E-state index contributed by atoms with van der Waals surface area (Å²) in [6.07, 6.45) is 1.57. The fourth-order valence-electron chi connectivity index (χ4n) is 1.63. The molecule has 0 fully saturated rings. The molecule has 1 amide bonds. The molecule has 0 radical (unpaired) electrons. The summed E-state index contributed by atoms with van der Waals surface area (Å²) < 4.78 is 13.5. The Bertz CT molecular complexity index is 643. The third-order valence-corrected chi connectivity index (χ3v) is 3.46. The molecule has 0 aliphatic carbocycles. The Hall–Kier alpha value is -1.66. The molecule has 0 aliphatic heterocycles. The number of anilines is 2. The molecule has 2 N–H and O–H groups in total. The molecule has 0 spiro atoms. The van der Waals surface area contributed by atoms with Crippen molar-refractivity contribution < 1.29 is 9.18 Å². The molecular formula is C13H10BrClFN3O. The lowest BCUT2D eigenvalue weighted by atomic mass is 10.2. The number of hydrogen-bond donors (Lipinski definition) is 2. The van der Waals surface area contributed by atoms with Gasteiger partial charge in [-0.05, 0) is 40.2 Å². The van der Waals surface area contributed by atoms with Gasteiger partial charge in [-0.15, -0.1) is 0 Å². The van der Waals surface area contributed by atoms with Gasteiger partial charge in [-0.3, -0.25) is 4.79 Å². The Balaban J connectivity index is 2.33. The fourth-order valence-corrected chi connectivity index (χ4v) is 2.53. The van der Waals surface area contributed by atoms with Gasteiger partial charge in [-0.1, -0.05) is 11.6 Å². The molecule has 1 aromatic carbocycles. The first-order valence-corrected chi connectivity index (χ1v) is 6.78. The molecule has 0 saturated heterocycles. The number of hydrogen-bond acceptors (Lipinski definition) is 3. The molecule has 20 heavy (non-hydrogen) atoms. The van der Waals surface area contributed by atoms with Gasteiger partial charge >= 0.3 is 0 Å².